The minimum absolute atomic E-state index is 0.287. The van der Waals surface area contributed by atoms with Gasteiger partial charge in [0.2, 0.25) is 0 Å². The van der Waals surface area contributed by atoms with Crippen LogP contribution in [0.25, 0.3) is 22.2 Å². The number of rotatable bonds is 6. The van der Waals surface area contributed by atoms with E-state index in [2.05, 4.69) is 46.7 Å². The number of hydrogen-bond donors (Lipinski definition) is 1. The van der Waals surface area contributed by atoms with Gasteiger partial charge in [-0.25, -0.2) is 10.4 Å². The van der Waals surface area contributed by atoms with Gasteiger partial charge < -0.3 is 0 Å². The summed E-state index contributed by atoms with van der Waals surface area (Å²) in [4.78, 5) is 21.8. The van der Waals surface area contributed by atoms with E-state index in [1.165, 1.54) is 11.8 Å². The predicted octanol–water partition coefficient (Wildman–Crippen LogP) is 5.01. The molecule has 148 valence electrons. The minimum Gasteiger partial charge on any atom is -0.267 e. The van der Waals surface area contributed by atoms with Gasteiger partial charge in [-0.3, -0.25) is 9.78 Å². The zero-order chi connectivity index (χ0) is 20.8. The molecule has 1 amide bonds. The molecular weight excluding hydrogens is 372 g/mol. The highest BCUT2D eigenvalue weighted by Crippen LogP contribution is 2.25. The van der Waals surface area contributed by atoms with E-state index < -0.39 is 0 Å². The number of hydrazone groups is 1. The topological polar surface area (TPSA) is 67.2 Å². The summed E-state index contributed by atoms with van der Waals surface area (Å²) >= 11 is 0. The Hall–Kier alpha value is -3.86. The predicted molar refractivity (Wildman–Crippen MR) is 120 cm³/mol. The number of pyridine rings is 2. The number of hydrogen-bond acceptors (Lipinski definition) is 4. The number of amides is 1. The molecule has 0 saturated carbocycles. The lowest BCUT2D eigenvalue weighted by atomic mass is 10.0. The first-order valence-corrected chi connectivity index (χ1v) is 9.98. The number of fused-ring (bicyclic) bond motifs is 1. The quantitative estimate of drug-likeness (QED) is 0.369. The van der Waals surface area contributed by atoms with Crippen molar-refractivity contribution in [3.8, 4) is 11.3 Å². The molecule has 0 spiro atoms. The summed E-state index contributed by atoms with van der Waals surface area (Å²) in [6, 6.07) is 23.3. The molecule has 5 heteroatoms. The summed E-state index contributed by atoms with van der Waals surface area (Å²) in [5.74, 6) is -0.287. The fourth-order valence-electron chi connectivity index (χ4n) is 3.31. The van der Waals surface area contributed by atoms with Crippen LogP contribution in [-0.4, -0.2) is 22.1 Å². The van der Waals surface area contributed by atoms with Crippen LogP contribution in [0, 0.1) is 0 Å². The molecule has 0 unspecified atom stereocenters. The van der Waals surface area contributed by atoms with Crippen molar-refractivity contribution in [2.75, 3.05) is 0 Å². The first kappa shape index (κ1) is 19.5. The number of nitrogens with zero attached hydrogens (tertiary/aromatic N) is 3. The van der Waals surface area contributed by atoms with Crippen molar-refractivity contribution < 1.29 is 4.79 Å². The van der Waals surface area contributed by atoms with Crippen LogP contribution in [0.5, 0.6) is 0 Å². The zero-order valence-electron chi connectivity index (χ0n) is 16.7. The SMILES string of the molecule is CCCc1ccc(-c2cc(C(=O)N/N=C/c3ccccn3)c3ccccc3n2)cc1. The van der Waals surface area contributed by atoms with E-state index in [-0.39, 0.29) is 5.91 Å². The average Bonchev–Trinajstić information content (AvgIpc) is 2.80. The Morgan fingerprint density at radius 3 is 2.60 bits per heavy atom. The molecule has 0 radical (unpaired) electrons. The highest BCUT2D eigenvalue weighted by Gasteiger charge is 2.13. The molecule has 0 bridgehead atoms. The third kappa shape index (κ3) is 4.41. The highest BCUT2D eigenvalue weighted by atomic mass is 16.2. The van der Waals surface area contributed by atoms with Crippen LogP contribution in [0.15, 0.2) is 84.1 Å². The lowest BCUT2D eigenvalue weighted by Crippen LogP contribution is -2.18. The summed E-state index contributed by atoms with van der Waals surface area (Å²) in [5, 5.41) is 4.84. The van der Waals surface area contributed by atoms with E-state index in [1.54, 1.807) is 6.20 Å². The molecule has 5 nitrogen and oxygen atoms in total. The number of para-hydroxylation sites is 1. The third-order valence-electron chi connectivity index (χ3n) is 4.80. The maximum atomic E-state index is 12.9. The van der Waals surface area contributed by atoms with Gasteiger partial charge in [0.15, 0.2) is 0 Å². The molecule has 2 aromatic heterocycles. The molecule has 4 aromatic rings. The van der Waals surface area contributed by atoms with Gasteiger partial charge in [-0.15, -0.1) is 0 Å². The van der Waals surface area contributed by atoms with Crippen molar-refractivity contribution in [1.29, 1.82) is 0 Å². The Kier molecular flexibility index (Phi) is 5.90. The number of benzene rings is 2. The Balaban J connectivity index is 1.66. The Morgan fingerprint density at radius 1 is 1.03 bits per heavy atom. The third-order valence-corrected chi connectivity index (χ3v) is 4.80. The van der Waals surface area contributed by atoms with Crippen LogP contribution in [0.3, 0.4) is 0 Å². The molecule has 30 heavy (non-hydrogen) atoms. The van der Waals surface area contributed by atoms with E-state index in [1.807, 2.05) is 48.5 Å². The van der Waals surface area contributed by atoms with Crippen molar-refractivity contribution in [3.63, 3.8) is 0 Å². The van der Waals surface area contributed by atoms with Crippen molar-refractivity contribution in [2.45, 2.75) is 19.8 Å². The fraction of sp³-hybridized carbons (Fsp3) is 0.120. The molecule has 0 atom stereocenters. The van der Waals surface area contributed by atoms with E-state index in [0.717, 1.165) is 35.0 Å². The monoisotopic (exact) mass is 394 g/mol. The average molecular weight is 394 g/mol. The maximum Gasteiger partial charge on any atom is 0.272 e. The van der Waals surface area contributed by atoms with Gasteiger partial charge in [0.25, 0.3) is 5.91 Å². The van der Waals surface area contributed by atoms with Crippen LogP contribution >= 0.6 is 0 Å². The Morgan fingerprint density at radius 2 is 1.83 bits per heavy atom. The largest absolute Gasteiger partial charge is 0.272 e. The molecule has 0 saturated heterocycles. The van der Waals surface area contributed by atoms with Gasteiger partial charge in [0, 0.05) is 17.1 Å². The molecular formula is C25H22N4O. The summed E-state index contributed by atoms with van der Waals surface area (Å²) in [6.07, 6.45) is 5.36. The summed E-state index contributed by atoms with van der Waals surface area (Å²) in [6.45, 7) is 2.17. The number of nitrogens with one attached hydrogen (secondary N) is 1. The summed E-state index contributed by atoms with van der Waals surface area (Å²) in [5.41, 5.74) is 7.62. The van der Waals surface area contributed by atoms with E-state index in [9.17, 15) is 4.79 Å². The van der Waals surface area contributed by atoms with Gasteiger partial charge in [-0.1, -0.05) is 61.9 Å². The lowest BCUT2D eigenvalue weighted by molar-refractivity contribution is 0.0956. The van der Waals surface area contributed by atoms with Gasteiger partial charge in [-0.05, 0) is 36.2 Å². The van der Waals surface area contributed by atoms with Crippen molar-refractivity contribution in [3.05, 3.63) is 95.8 Å². The molecule has 2 heterocycles. The lowest BCUT2D eigenvalue weighted by Gasteiger charge is -2.09. The van der Waals surface area contributed by atoms with E-state index in [0.29, 0.717) is 11.3 Å². The first-order valence-electron chi connectivity index (χ1n) is 9.98. The van der Waals surface area contributed by atoms with Gasteiger partial charge in [0.05, 0.1) is 28.7 Å². The number of aryl methyl sites for hydroxylation is 1. The van der Waals surface area contributed by atoms with Crippen LogP contribution in [0.2, 0.25) is 0 Å². The van der Waals surface area contributed by atoms with Crippen LogP contribution in [-0.2, 0) is 6.42 Å². The fourth-order valence-corrected chi connectivity index (χ4v) is 3.31. The molecule has 0 fully saturated rings. The van der Waals surface area contributed by atoms with Crippen LogP contribution in [0.4, 0.5) is 0 Å². The number of aromatic nitrogens is 2. The molecule has 0 aliphatic heterocycles. The second kappa shape index (κ2) is 9.09. The minimum atomic E-state index is -0.287. The van der Waals surface area contributed by atoms with E-state index >= 15 is 0 Å². The van der Waals surface area contributed by atoms with Crippen LogP contribution < -0.4 is 5.43 Å². The zero-order valence-corrected chi connectivity index (χ0v) is 16.7. The highest BCUT2D eigenvalue weighted by molar-refractivity contribution is 6.07. The Labute approximate surface area is 175 Å². The first-order chi connectivity index (χ1) is 14.7. The van der Waals surface area contributed by atoms with Gasteiger partial charge >= 0.3 is 0 Å². The smallest absolute Gasteiger partial charge is 0.267 e. The number of carbonyl (C=O) groups is 1. The maximum absolute atomic E-state index is 12.9. The van der Waals surface area contributed by atoms with Gasteiger partial charge in [-0.2, -0.15) is 5.10 Å². The summed E-state index contributed by atoms with van der Waals surface area (Å²) < 4.78 is 0. The second-order valence-electron chi connectivity index (χ2n) is 6.97. The van der Waals surface area contributed by atoms with Crippen molar-refractivity contribution in [2.24, 2.45) is 5.10 Å². The van der Waals surface area contributed by atoms with Crippen LogP contribution in [0.1, 0.15) is 35.0 Å². The Bertz CT molecular complexity index is 1180. The number of carbonyl (C=O) groups excluding carboxylic acids is 1. The summed E-state index contributed by atoms with van der Waals surface area (Å²) in [7, 11) is 0. The molecule has 2 aromatic carbocycles. The normalized spacial score (nSPS) is 11.1. The van der Waals surface area contributed by atoms with E-state index in [4.69, 9.17) is 4.98 Å². The van der Waals surface area contributed by atoms with Crippen molar-refractivity contribution in [1.82, 2.24) is 15.4 Å². The standard InChI is InChI=1S/C25H22N4O/c1-2-7-18-11-13-19(14-12-18)24-16-22(21-9-3-4-10-23(21)28-24)25(30)29-27-17-20-8-5-6-15-26-20/h3-6,8-17H,2,7H2,1H3,(H,29,30)/b27-17+. The molecule has 0 aliphatic carbocycles. The van der Waals surface area contributed by atoms with Crippen molar-refractivity contribution >= 4 is 23.0 Å². The molecule has 1 N–H and O–H groups in total. The van der Waals surface area contributed by atoms with Gasteiger partial charge in [0.1, 0.15) is 0 Å². The molecule has 0 aliphatic rings. The molecule has 4 rings (SSSR count). The second-order valence-corrected chi connectivity index (χ2v) is 6.97.